The maximum Gasteiger partial charge on any atom is 0.159 e. The van der Waals surface area contributed by atoms with Crippen molar-refractivity contribution in [3.05, 3.63) is 115 Å². The molecule has 0 radical (unpaired) electrons. The van der Waals surface area contributed by atoms with Crippen molar-refractivity contribution in [3.63, 3.8) is 0 Å². The first kappa shape index (κ1) is 23.8. The van der Waals surface area contributed by atoms with Gasteiger partial charge in [0, 0.05) is 53.8 Å². The predicted molar refractivity (Wildman–Crippen MR) is 152 cm³/mol. The summed E-state index contributed by atoms with van der Waals surface area (Å²) in [5.74, 6) is 0.231. The number of nitrogens with zero attached hydrogens (tertiary/aromatic N) is 5. The van der Waals surface area contributed by atoms with Crippen molar-refractivity contribution in [2.24, 2.45) is 0 Å². The summed E-state index contributed by atoms with van der Waals surface area (Å²) in [7, 11) is 0. The molecule has 0 fully saturated rings. The summed E-state index contributed by atoms with van der Waals surface area (Å²) in [6.07, 6.45) is 8.74. The van der Waals surface area contributed by atoms with Crippen molar-refractivity contribution in [1.82, 2.24) is 40.4 Å². The lowest BCUT2D eigenvalue weighted by atomic mass is 10.1. The predicted octanol–water partition coefficient (Wildman–Crippen LogP) is 6.05. The number of fused-ring (bicyclic) bond motifs is 2. The molecule has 0 unspecified atom stereocenters. The van der Waals surface area contributed by atoms with Crippen LogP contribution < -0.4 is 5.32 Å². The Morgan fingerprint density at radius 3 is 2.48 bits per heavy atom. The van der Waals surface area contributed by atoms with Gasteiger partial charge in [-0.05, 0) is 29.3 Å². The van der Waals surface area contributed by atoms with Gasteiger partial charge in [-0.3, -0.25) is 20.1 Å². The lowest BCUT2D eigenvalue weighted by Gasteiger charge is -2.07. The number of pyridine rings is 3. The molecule has 40 heavy (non-hydrogen) atoms. The summed E-state index contributed by atoms with van der Waals surface area (Å²) in [6.45, 7) is 1.46. The van der Waals surface area contributed by atoms with E-state index in [0.717, 1.165) is 34.3 Å². The second kappa shape index (κ2) is 10.1. The zero-order chi connectivity index (χ0) is 26.9. The van der Waals surface area contributed by atoms with Gasteiger partial charge in [-0.15, -0.1) is 0 Å². The van der Waals surface area contributed by atoms with E-state index in [4.69, 9.17) is 4.98 Å². The minimum atomic E-state index is -0.326. The van der Waals surface area contributed by atoms with Crippen LogP contribution in [0.4, 0.5) is 4.39 Å². The van der Waals surface area contributed by atoms with E-state index in [1.54, 1.807) is 36.8 Å². The normalized spacial score (nSPS) is 11.4. The number of benzene rings is 2. The molecule has 0 spiro atoms. The summed E-state index contributed by atoms with van der Waals surface area (Å²) < 4.78 is 14.6. The molecule has 5 aromatic heterocycles. The van der Waals surface area contributed by atoms with Crippen LogP contribution in [-0.4, -0.2) is 35.1 Å². The molecule has 7 aromatic rings. The Hall–Kier alpha value is -5.28. The Labute approximate surface area is 228 Å². The van der Waals surface area contributed by atoms with Gasteiger partial charge in [0.25, 0.3) is 0 Å². The van der Waals surface area contributed by atoms with E-state index in [2.05, 4.69) is 53.6 Å². The summed E-state index contributed by atoms with van der Waals surface area (Å²) in [6, 6.07) is 21.0. The second-order valence-electron chi connectivity index (χ2n) is 9.51. The number of aromatic amines is 2. The first-order valence-corrected chi connectivity index (χ1v) is 12.8. The molecule has 2 aromatic carbocycles. The van der Waals surface area contributed by atoms with E-state index in [9.17, 15) is 4.39 Å². The molecule has 0 aliphatic rings. The molecule has 3 N–H and O–H groups in total. The molecule has 0 bridgehead atoms. The van der Waals surface area contributed by atoms with E-state index in [1.165, 1.54) is 11.6 Å². The smallest absolute Gasteiger partial charge is 0.159 e. The molecule has 0 aliphatic heterocycles. The fraction of sp³-hybridized carbons (Fsp3) is 0.0645. The number of hydrogen-bond donors (Lipinski definition) is 3. The first-order chi connectivity index (χ1) is 19.7. The van der Waals surface area contributed by atoms with Crippen molar-refractivity contribution in [3.8, 4) is 33.9 Å². The van der Waals surface area contributed by atoms with Crippen LogP contribution in [0.2, 0.25) is 0 Å². The van der Waals surface area contributed by atoms with Gasteiger partial charge in [-0.25, -0.2) is 9.37 Å². The number of aromatic nitrogens is 7. The van der Waals surface area contributed by atoms with Gasteiger partial charge < -0.3 is 10.3 Å². The lowest BCUT2D eigenvalue weighted by Crippen LogP contribution is -2.12. The Balaban J connectivity index is 1.21. The molecule has 194 valence electrons. The van der Waals surface area contributed by atoms with Crippen LogP contribution >= 0.6 is 0 Å². The number of nitrogens with one attached hydrogen (secondary N) is 3. The van der Waals surface area contributed by atoms with E-state index < -0.39 is 0 Å². The number of rotatable bonds is 7. The number of halogens is 1. The average molecular weight is 527 g/mol. The summed E-state index contributed by atoms with van der Waals surface area (Å²) in [5, 5.41) is 11.9. The van der Waals surface area contributed by atoms with Crippen LogP contribution in [-0.2, 0) is 13.1 Å². The van der Waals surface area contributed by atoms with Gasteiger partial charge in [0.2, 0.25) is 0 Å². The highest BCUT2D eigenvalue weighted by atomic mass is 19.1. The molecule has 5 heterocycles. The zero-order valence-electron chi connectivity index (χ0n) is 21.3. The molecule has 7 rings (SSSR count). The third-order valence-electron chi connectivity index (χ3n) is 6.82. The maximum atomic E-state index is 14.6. The van der Waals surface area contributed by atoms with E-state index in [-0.39, 0.29) is 5.82 Å². The lowest BCUT2D eigenvalue weighted by molar-refractivity contribution is 0.631. The van der Waals surface area contributed by atoms with Crippen LogP contribution in [0.15, 0.2) is 97.7 Å². The number of imidazole rings is 1. The quantitative estimate of drug-likeness (QED) is 0.233. The molecule has 0 saturated heterocycles. The van der Waals surface area contributed by atoms with Crippen molar-refractivity contribution >= 4 is 21.9 Å². The van der Waals surface area contributed by atoms with Gasteiger partial charge in [-0.2, -0.15) is 5.10 Å². The van der Waals surface area contributed by atoms with Gasteiger partial charge in [0.05, 0.1) is 29.1 Å². The molecule has 9 heteroatoms. The minimum Gasteiger partial charge on any atom is -0.335 e. The molecule has 8 nitrogen and oxygen atoms in total. The zero-order valence-corrected chi connectivity index (χ0v) is 21.3. The average Bonchev–Trinajstić information content (AvgIpc) is 3.62. The third-order valence-corrected chi connectivity index (χ3v) is 6.82. The minimum absolute atomic E-state index is 0.326. The molecular formula is C31H23FN8. The van der Waals surface area contributed by atoms with Gasteiger partial charge >= 0.3 is 0 Å². The van der Waals surface area contributed by atoms with Crippen LogP contribution in [0, 0.1) is 5.82 Å². The monoisotopic (exact) mass is 526 g/mol. The Morgan fingerprint density at radius 1 is 0.750 bits per heavy atom. The van der Waals surface area contributed by atoms with Crippen LogP contribution in [0.1, 0.15) is 11.1 Å². The third kappa shape index (κ3) is 4.48. The second-order valence-corrected chi connectivity index (χ2v) is 9.51. The highest BCUT2D eigenvalue weighted by Crippen LogP contribution is 2.32. The van der Waals surface area contributed by atoms with Crippen LogP contribution in [0.5, 0.6) is 0 Å². The fourth-order valence-electron chi connectivity index (χ4n) is 4.85. The summed E-state index contributed by atoms with van der Waals surface area (Å²) >= 11 is 0. The molecule has 0 aliphatic carbocycles. The molecular weight excluding hydrogens is 503 g/mol. The Bertz CT molecular complexity index is 1960. The highest BCUT2D eigenvalue weighted by Gasteiger charge is 2.17. The Morgan fingerprint density at radius 2 is 1.57 bits per heavy atom. The van der Waals surface area contributed by atoms with Gasteiger partial charge in [0.1, 0.15) is 17.0 Å². The van der Waals surface area contributed by atoms with Gasteiger partial charge in [-0.1, -0.05) is 48.5 Å². The largest absolute Gasteiger partial charge is 0.335 e. The van der Waals surface area contributed by atoms with Crippen molar-refractivity contribution in [2.45, 2.75) is 13.1 Å². The molecule has 0 amide bonds. The van der Waals surface area contributed by atoms with Crippen molar-refractivity contribution in [1.29, 1.82) is 0 Å². The van der Waals surface area contributed by atoms with E-state index in [0.29, 0.717) is 40.2 Å². The van der Waals surface area contributed by atoms with Crippen molar-refractivity contribution < 1.29 is 4.39 Å². The fourth-order valence-corrected chi connectivity index (χ4v) is 4.85. The Kier molecular flexibility index (Phi) is 6.02. The summed E-state index contributed by atoms with van der Waals surface area (Å²) in [4.78, 5) is 21.5. The SMILES string of the molecule is Fc1ccccc1-c1cncc2[nH]c(-c3n[nH]c4cnc(-c5cncc(CNCc6ccccc6)c5)cc34)nc12. The molecule has 0 saturated carbocycles. The van der Waals surface area contributed by atoms with E-state index >= 15 is 0 Å². The van der Waals surface area contributed by atoms with Gasteiger partial charge in [0.15, 0.2) is 5.82 Å². The number of H-pyrrole nitrogens is 2. The van der Waals surface area contributed by atoms with Crippen LogP contribution in [0.25, 0.3) is 55.8 Å². The summed E-state index contributed by atoms with van der Waals surface area (Å²) in [5.41, 5.74) is 7.78. The first-order valence-electron chi connectivity index (χ1n) is 12.8. The highest BCUT2D eigenvalue weighted by molar-refractivity contribution is 5.97. The van der Waals surface area contributed by atoms with Crippen LogP contribution in [0.3, 0.4) is 0 Å². The molecule has 0 atom stereocenters. The van der Waals surface area contributed by atoms with E-state index in [1.807, 2.05) is 36.7 Å². The standard InChI is InChI=1S/C31H23FN8/c32-25-9-5-4-8-22(25)24-16-35-17-28-29(24)38-31(37-28)30-23-11-26(36-18-27(23)39-40-30)21-10-20(14-34-15-21)13-33-12-19-6-2-1-3-7-19/h1-11,14-18,33H,12-13H2,(H,37,38)(H,39,40). The number of hydrogen-bond acceptors (Lipinski definition) is 6. The maximum absolute atomic E-state index is 14.6. The van der Waals surface area contributed by atoms with Crippen molar-refractivity contribution in [2.75, 3.05) is 0 Å². The topological polar surface area (TPSA) is 108 Å².